The van der Waals surface area contributed by atoms with Gasteiger partial charge in [0.1, 0.15) is 11.6 Å². The second-order valence-corrected chi connectivity index (χ2v) is 4.74. The second-order valence-electron chi connectivity index (χ2n) is 4.74. The van der Waals surface area contributed by atoms with E-state index in [0.717, 1.165) is 38.3 Å². The Morgan fingerprint density at radius 3 is 3.00 bits per heavy atom. The molecule has 0 unspecified atom stereocenters. The third-order valence-electron chi connectivity index (χ3n) is 3.60. The first-order valence-electron chi connectivity index (χ1n) is 6.53. The highest BCUT2D eigenvalue weighted by atomic mass is 15.2. The number of aryl methyl sites for hydroxylation is 2. The fraction of sp³-hybridized carbons (Fsp3) is 0.538. The van der Waals surface area contributed by atoms with Crippen molar-refractivity contribution in [3.63, 3.8) is 0 Å². The van der Waals surface area contributed by atoms with Crippen LogP contribution < -0.4 is 5.32 Å². The van der Waals surface area contributed by atoms with Crippen LogP contribution in [0.3, 0.4) is 0 Å². The summed E-state index contributed by atoms with van der Waals surface area (Å²) in [5.74, 6) is 2.26. The second kappa shape index (κ2) is 4.57. The molecule has 2 aromatic heterocycles. The molecule has 1 aliphatic heterocycles. The zero-order chi connectivity index (χ0) is 12.5. The van der Waals surface area contributed by atoms with Gasteiger partial charge < -0.3 is 14.5 Å². The van der Waals surface area contributed by atoms with Crippen molar-refractivity contribution in [1.29, 1.82) is 0 Å². The number of hydrogen-bond acceptors (Lipinski definition) is 3. The Hall–Kier alpha value is -1.62. The van der Waals surface area contributed by atoms with Crippen LogP contribution in [0.5, 0.6) is 0 Å². The zero-order valence-corrected chi connectivity index (χ0v) is 11.0. The number of nitrogens with one attached hydrogen (secondary N) is 1. The van der Waals surface area contributed by atoms with Crippen molar-refractivity contribution in [2.45, 2.75) is 32.9 Å². The van der Waals surface area contributed by atoms with E-state index in [2.05, 4.69) is 26.4 Å². The number of rotatable bonds is 3. The molecule has 0 saturated heterocycles. The molecule has 0 aliphatic carbocycles. The molecule has 0 saturated carbocycles. The quantitative estimate of drug-likeness (QED) is 0.873. The minimum atomic E-state index is 0.828. The maximum Gasteiger partial charge on any atom is 0.128 e. The average molecular weight is 245 g/mol. The molecule has 2 aromatic rings. The van der Waals surface area contributed by atoms with Gasteiger partial charge in [0.15, 0.2) is 0 Å². The normalized spacial score (nSPS) is 14.8. The van der Waals surface area contributed by atoms with Gasteiger partial charge in [0, 0.05) is 51.1 Å². The van der Waals surface area contributed by atoms with Crippen LogP contribution in [0.15, 0.2) is 12.4 Å². The lowest BCUT2D eigenvalue weighted by Crippen LogP contribution is -2.25. The summed E-state index contributed by atoms with van der Waals surface area (Å²) in [4.78, 5) is 9.16. The summed E-state index contributed by atoms with van der Waals surface area (Å²) in [6, 6.07) is 0. The third-order valence-corrected chi connectivity index (χ3v) is 3.60. The van der Waals surface area contributed by atoms with Gasteiger partial charge in [-0.2, -0.15) is 0 Å². The molecule has 1 N–H and O–H groups in total. The lowest BCUT2D eigenvalue weighted by molar-refractivity contribution is 0.586. The third kappa shape index (κ3) is 1.84. The molecule has 0 aromatic carbocycles. The topological polar surface area (TPSA) is 47.7 Å². The van der Waals surface area contributed by atoms with Crippen molar-refractivity contribution < 1.29 is 0 Å². The van der Waals surface area contributed by atoms with Gasteiger partial charge in [0.2, 0.25) is 0 Å². The van der Waals surface area contributed by atoms with Crippen LogP contribution in [0, 0.1) is 0 Å². The summed E-state index contributed by atoms with van der Waals surface area (Å²) in [7, 11) is 2.04. The molecule has 5 nitrogen and oxygen atoms in total. The van der Waals surface area contributed by atoms with E-state index >= 15 is 0 Å². The highest BCUT2D eigenvalue weighted by molar-refractivity contribution is 5.21. The summed E-state index contributed by atoms with van der Waals surface area (Å²) in [6.45, 7) is 4.93. The molecule has 0 spiro atoms. The van der Waals surface area contributed by atoms with Crippen molar-refractivity contribution >= 4 is 0 Å². The van der Waals surface area contributed by atoms with Gasteiger partial charge in [-0.3, -0.25) is 0 Å². The Balaban J connectivity index is 1.99. The largest absolute Gasteiger partial charge is 0.337 e. The molecule has 1 aliphatic rings. The van der Waals surface area contributed by atoms with Crippen molar-refractivity contribution in [1.82, 2.24) is 24.4 Å². The van der Waals surface area contributed by atoms with Crippen LogP contribution in [0.2, 0.25) is 0 Å². The zero-order valence-electron chi connectivity index (χ0n) is 11.0. The van der Waals surface area contributed by atoms with E-state index in [1.54, 1.807) is 0 Å². The Morgan fingerprint density at radius 2 is 2.28 bits per heavy atom. The number of aromatic nitrogens is 4. The fourth-order valence-electron chi connectivity index (χ4n) is 2.57. The predicted octanol–water partition coefficient (Wildman–Crippen LogP) is 0.873. The average Bonchev–Trinajstić information content (AvgIpc) is 2.95. The lowest BCUT2D eigenvalue weighted by Gasteiger charge is -2.16. The lowest BCUT2D eigenvalue weighted by atomic mass is 10.2. The minimum Gasteiger partial charge on any atom is -0.337 e. The molecule has 96 valence electrons. The highest BCUT2D eigenvalue weighted by Crippen LogP contribution is 2.18. The van der Waals surface area contributed by atoms with Gasteiger partial charge in [-0.05, 0) is 0 Å². The van der Waals surface area contributed by atoms with Gasteiger partial charge in [-0.15, -0.1) is 0 Å². The molecule has 3 heterocycles. The maximum atomic E-state index is 4.74. The minimum absolute atomic E-state index is 0.828. The van der Waals surface area contributed by atoms with Crippen LogP contribution >= 0.6 is 0 Å². The van der Waals surface area contributed by atoms with Gasteiger partial charge in [-0.25, -0.2) is 9.97 Å². The first-order chi connectivity index (χ1) is 8.79. The Kier molecular flexibility index (Phi) is 2.91. The molecule has 5 heteroatoms. The number of imidazole rings is 2. The first kappa shape index (κ1) is 11.5. The first-order valence-corrected chi connectivity index (χ1v) is 6.53. The molecule has 3 rings (SSSR count). The Bertz CT molecular complexity index is 552. The van der Waals surface area contributed by atoms with Gasteiger partial charge in [0.25, 0.3) is 0 Å². The van der Waals surface area contributed by atoms with Gasteiger partial charge in [-0.1, -0.05) is 6.92 Å². The van der Waals surface area contributed by atoms with Crippen LogP contribution in [0.25, 0.3) is 0 Å². The summed E-state index contributed by atoms with van der Waals surface area (Å²) in [6.07, 6.45) is 5.88. The van der Waals surface area contributed by atoms with E-state index in [9.17, 15) is 0 Å². The monoisotopic (exact) mass is 245 g/mol. The molecule has 0 amide bonds. The number of nitrogens with zero attached hydrogens (tertiary/aromatic N) is 4. The van der Waals surface area contributed by atoms with Crippen molar-refractivity contribution in [3.05, 3.63) is 35.4 Å². The molecular formula is C13H19N5. The summed E-state index contributed by atoms with van der Waals surface area (Å²) < 4.78 is 4.42. The maximum absolute atomic E-state index is 4.74. The fourth-order valence-corrected chi connectivity index (χ4v) is 2.57. The van der Waals surface area contributed by atoms with Gasteiger partial charge >= 0.3 is 0 Å². The van der Waals surface area contributed by atoms with E-state index in [1.165, 1.54) is 17.2 Å². The van der Waals surface area contributed by atoms with E-state index in [0.29, 0.717) is 0 Å². The van der Waals surface area contributed by atoms with E-state index in [1.807, 2.05) is 19.4 Å². The van der Waals surface area contributed by atoms with E-state index < -0.39 is 0 Å². The van der Waals surface area contributed by atoms with Crippen molar-refractivity contribution in [3.8, 4) is 0 Å². The predicted molar refractivity (Wildman–Crippen MR) is 69.3 cm³/mol. The van der Waals surface area contributed by atoms with Crippen molar-refractivity contribution in [2.24, 2.45) is 7.05 Å². The molecule has 0 radical (unpaired) electrons. The number of hydrogen-bond donors (Lipinski definition) is 1. The highest BCUT2D eigenvalue weighted by Gasteiger charge is 2.19. The molecular weight excluding hydrogens is 226 g/mol. The van der Waals surface area contributed by atoms with Crippen LogP contribution in [0.1, 0.15) is 30.0 Å². The Labute approximate surface area is 107 Å². The number of fused-ring (bicyclic) bond motifs is 1. The Morgan fingerprint density at radius 1 is 1.39 bits per heavy atom. The summed E-state index contributed by atoms with van der Waals surface area (Å²) in [5, 5.41) is 3.38. The molecule has 0 fully saturated rings. The van der Waals surface area contributed by atoms with Crippen LogP contribution in [0.4, 0.5) is 0 Å². The van der Waals surface area contributed by atoms with Crippen LogP contribution in [-0.4, -0.2) is 25.6 Å². The van der Waals surface area contributed by atoms with Crippen molar-refractivity contribution in [2.75, 3.05) is 6.54 Å². The van der Waals surface area contributed by atoms with E-state index in [4.69, 9.17) is 4.98 Å². The van der Waals surface area contributed by atoms with Gasteiger partial charge in [0.05, 0.1) is 12.2 Å². The smallest absolute Gasteiger partial charge is 0.128 e. The molecule has 0 atom stereocenters. The molecule has 18 heavy (non-hydrogen) atoms. The molecule has 0 bridgehead atoms. The van der Waals surface area contributed by atoms with E-state index in [-0.39, 0.29) is 0 Å². The summed E-state index contributed by atoms with van der Waals surface area (Å²) >= 11 is 0. The standard InChI is InChI=1S/C13H19N5/c1-3-12-16-10-8-14-5-4-11(10)18(12)9-13-15-6-7-17(13)2/h6-7,14H,3-5,8-9H2,1-2H3. The SMILES string of the molecule is CCc1nc2c(n1Cc1nccn1C)CCNC2. The van der Waals surface area contributed by atoms with Crippen LogP contribution in [-0.2, 0) is 33.0 Å². The summed E-state index contributed by atoms with van der Waals surface area (Å²) in [5.41, 5.74) is 2.60.